The van der Waals surface area contributed by atoms with Crippen molar-refractivity contribution in [3.63, 3.8) is 0 Å². The highest BCUT2D eigenvalue weighted by atomic mass is 32.2. The van der Waals surface area contributed by atoms with Gasteiger partial charge in [0.2, 0.25) is 0 Å². The SMILES string of the molecule is COc1ccc(S(=O)(=O)N(C)c2ccc(C(=O)Nc3ccccc3Oc3ccccc3)cc2)cc1. The van der Waals surface area contributed by atoms with Crippen LogP contribution in [0.1, 0.15) is 10.4 Å². The number of methoxy groups -OCH3 is 1. The molecule has 0 heterocycles. The number of amides is 1. The van der Waals surface area contributed by atoms with E-state index in [9.17, 15) is 13.2 Å². The molecule has 4 rings (SSSR count). The van der Waals surface area contributed by atoms with Gasteiger partial charge in [0.1, 0.15) is 11.5 Å². The van der Waals surface area contributed by atoms with E-state index in [0.717, 1.165) is 0 Å². The molecule has 0 atom stereocenters. The van der Waals surface area contributed by atoms with E-state index >= 15 is 0 Å². The quantitative estimate of drug-likeness (QED) is 0.351. The monoisotopic (exact) mass is 488 g/mol. The number of nitrogens with one attached hydrogen (secondary N) is 1. The number of carbonyl (C=O) groups is 1. The van der Waals surface area contributed by atoms with Crippen LogP contribution in [0.5, 0.6) is 17.2 Å². The zero-order valence-corrected chi connectivity index (χ0v) is 20.0. The highest BCUT2D eigenvalue weighted by Gasteiger charge is 2.21. The van der Waals surface area contributed by atoms with Gasteiger partial charge in [-0.3, -0.25) is 9.10 Å². The van der Waals surface area contributed by atoms with E-state index in [0.29, 0.717) is 34.2 Å². The summed E-state index contributed by atoms with van der Waals surface area (Å²) in [7, 11) is -0.793. The fourth-order valence-electron chi connectivity index (χ4n) is 3.34. The molecule has 0 fully saturated rings. The van der Waals surface area contributed by atoms with Crippen molar-refractivity contribution in [1.82, 2.24) is 0 Å². The van der Waals surface area contributed by atoms with E-state index in [1.165, 1.54) is 30.6 Å². The average Bonchev–Trinajstić information content (AvgIpc) is 2.90. The van der Waals surface area contributed by atoms with Crippen LogP contribution >= 0.6 is 0 Å². The number of rotatable bonds is 8. The molecule has 0 spiro atoms. The Labute approximate surface area is 204 Å². The van der Waals surface area contributed by atoms with Crippen LogP contribution in [0.15, 0.2) is 108 Å². The molecule has 0 unspecified atom stereocenters. The van der Waals surface area contributed by atoms with Gasteiger partial charge in [-0.05, 0) is 72.8 Å². The van der Waals surface area contributed by atoms with Gasteiger partial charge in [0.25, 0.3) is 15.9 Å². The summed E-state index contributed by atoms with van der Waals surface area (Å²) in [5.41, 5.74) is 1.31. The van der Waals surface area contributed by atoms with Gasteiger partial charge in [-0.1, -0.05) is 30.3 Å². The number of sulfonamides is 1. The van der Waals surface area contributed by atoms with Crippen molar-refractivity contribution in [2.75, 3.05) is 23.8 Å². The smallest absolute Gasteiger partial charge is 0.264 e. The van der Waals surface area contributed by atoms with Gasteiger partial charge in [0.15, 0.2) is 5.75 Å². The Morgan fingerprint density at radius 2 is 1.40 bits per heavy atom. The first-order chi connectivity index (χ1) is 16.9. The lowest BCUT2D eigenvalue weighted by Gasteiger charge is -2.20. The molecule has 0 saturated heterocycles. The van der Waals surface area contributed by atoms with Crippen molar-refractivity contribution in [2.45, 2.75) is 4.90 Å². The number of para-hydroxylation sites is 3. The van der Waals surface area contributed by atoms with Gasteiger partial charge in [-0.25, -0.2) is 8.42 Å². The molecular formula is C27H24N2O5S. The number of ether oxygens (including phenoxy) is 2. The van der Waals surface area contributed by atoms with Crippen LogP contribution in [-0.2, 0) is 10.0 Å². The van der Waals surface area contributed by atoms with Crippen molar-refractivity contribution in [2.24, 2.45) is 0 Å². The third-order valence-electron chi connectivity index (χ3n) is 5.32. The molecule has 0 saturated carbocycles. The first-order valence-corrected chi connectivity index (χ1v) is 12.2. The minimum atomic E-state index is -3.77. The van der Waals surface area contributed by atoms with Crippen molar-refractivity contribution in [1.29, 1.82) is 0 Å². The summed E-state index contributed by atoms with van der Waals surface area (Å²) in [6, 6.07) is 28.9. The Morgan fingerprint density at radius 1 is 0.771 bits per heavy atom. The summed E-state index contributed by atoms with van der Waals surface area (Å²) in [6.45, 7) is 0. The van der Waals surface area contributed by atoms with Gasteiger partial charge in [0, 0.05) is 12.6 Å². The van der Waals surface area contributed by atoms with E-state index in [-0.39, 0.29) is 10.8 Å². The van der Waals surface area contributed by atoms with Gasteiger partial charge in [0.05, 0.1) is 23.4 Å². The van der Waals surface area contributed by atoms with Crippen molar-refractivity contribution < 1.29 is 22.7 Å². The number of anilines is 2. The highest BCUT2D eigenvalue weighted by molar-refractivity contribution is 7.92. The maximum Gasteiger partial charge on any atom is 0.264 e. The number of carbonyl (C=O) groups excluding carboxylic acids is 1. The second-order valence-electron chi connectivity index (χ2n) is 7.56. The van der Waals surface area contributed by atoms with Crippen molar-refractivity contribution >= 4 is 27.3 Å². The van der Waals surface area contributed by atoms with E-state index in [2.05, 4.69) is 5.32 Å². The molecule has 178 valence electrons. The van der Waals surface area contributed by atoms with E-state index < -0.39 is 10.0 Å². The molecule has 4 aromatic carbocycles. The van der Waals surface area contributed by atoms with Crippen LogP contribution in [0.4, 0.5) is 11.4 Å². The third kappa shape index (κ3) is 5.44. The molecule has 4 aromatic rings. The van der Waals surface area contributed by atoms with Crippen molar-refractivity contribution in [3.8, 4) is 17.2 Å². The summed E-state index contributed by atoms with van der Waals surface area (Å²) >= 11 is 0. The second kappa shape index (κ2) is 10.3. The number of benzene rings is 4. The second-order valence-corrected chi connectivity index (χ2v) is 9.53. The minimum absolute atomic E-state index is 0.137. The molecule has 0 aromatic heterocycles. The van der Waals surface area contributed by atoms with E-state index in [4.69, 9.17) is 9.47 Å². The molecule has 35 heavy (non-hydrogen) atoms. The maximum atomic E-state index is 13.0. The molecule has 0 aliphatic rings. The summed E-state index contributed by atoms with van der Waals surface area (Å²) in [4.78, 5) is 13.0. The molecule has 0 aliphatic heterocycles. The summed E-state index contributed by atoms with van der Waals surface area (Å²) in [5.74, 6) is 1.38. The van der Waals surface area contributed by atoms with Crippen LogP contribution in [0.25, 0.3) is 0 Å². The fourth-order valence-corrected chi connectivity index (χ4v) is 4.53. The summed E-state index contributed by atoms with van der Waals surface area (Å²) in [6.07, 6.45) is 0. The molecule has 1 N–H and O–H groups in total. The van der Waals surface area contributed by atoms with Gasteiger partial charge in [-0.15, -0.1) is 0 Å². The van der Waals surface area contributed by atoms with E-state index in [1.54, 1.807) is 54.6 Å². The van der Waals surface area contributed by atoms with Crippen molar-refractivity contribution in [3.05, 3.63) is 109 Å². The zero-order chi connectivity index (χ0) is 24.8. The molecule has 8 heteroatoms. The summed E-state index contributed by atoms with van der Waals surface area (Å²) in [5, 5.41) is 2.86. The Hall–Kier alpha value is -4.30. The minimum Gasteiger partial charge on any atom is -0.497 e. The average molecular weight is 489 g/mol. The van der Waals surface area contributed by atoms with Crippen LogP contribution in [0.2, 0.25) is 0 Å². The van der Waals surface area contributed by atoms with Gasteiger partial charge >= 0.3 is 0 Å². The van der Waals surface area contributed by atoms with Crippen LogP contribution in [0.3, 0.4) is 0 Å². The molecule has 0 aliphatic carbocycles. The Morgan fingerprint density at radius 3 is 2.06 bits per heavy atom. The van der Waals surface area contributed by atoms with Crippen LogP contribution in [-0.4, -0.2) is 28.5 Å². The Bertz CT molecular complexity index is 1400. The number of hydrogen-bond acceptors (Lipinski definition) is 5. The normalized spacial score (nSPS) is 10.9. The molecule has 0 bridgehead atoms. The fraction of sp³-hybridized carbons (Fsp3) is 0.0741. The predicted molar refractivity (Wildman–Crippen MR) is 136 cm³/mol. The lowest BCUT2D eigenvalue weighted by atomic mass is 10.2. The largest absolute Gasteiger partial charge is 0.497 e. The first kappa shape index (κ1) is 23.8. The molecule has 1 amide bonds. The first-order valence-electron chi connectivity index (χ1n) is 10.7. The molecular weight excluding hydrogens is 464 g/mol. The van der Waals surface area contributed by atoms with Gasteiger partial charge < -0.3 is 14.8 Å². The van der Waals surface area contributed by atoms with Crippen LogP contribution < -0.4 is 19.1 Å². The maximum absolute atomic E-state index is 13.0. The zero-order valence-electron chi connectivity index (χ0n) is 19.2. The lowest BCUT2D eigenvalue weighted by Crippen LogP contribution is -2.26. The standard InChI is InChI=1S/C27H24N2O5S/c1-29(35(31,32)24-18-16-22(33-2)17-19-24)21-14-12-20(13-15-21)27(30)28-25-10-6-7-11-26(25)34-23-8-4-3-5-9-23/h3-19H,1-2H3,(H,28,30). The van der Waals surface area contributed by atoms with Crippen LogP contribution in [0, 0.1) is 0 Å². The highest BCUT2D eigenvalue weighted by Crippen LogP contribution is 2.30. The Balaban J connectivity index is 1.49. The van der Waals surface area contributed by atoms with E-state index in [1.807, 2.05) is 36.4 Å². The summed E-state index contributed by atoms with van der Waals surface area (Å²) < 4.78 is 38.1. The predicted octanol–water partition coefficient (Wildman–Crippen LogP) is 5.56. The third-order valence-corrected chi connectivity index (χ3v) is 7.12. The molecule has 7 nitrogen and oxygen atoms in total. The number of nitrogens with zero attached hydrogens (tertiary/aromatic N) is 1. The molecule has 0 radical (unpaired) electrons. The van der Waals surface area contributed by atoms with Gasteiger partial charge in [-0.2, -0.15) is 0 Å². The Kier molecular flexibility index (Phi) is 7.03. The number of hydrogen-bond donors (Lipinski definition) is 1. The topological polar surface area (TPSA) is 84.9 Å². The lowest BCUT2D eigenvalue weighted by molar-refractivity contribution is 0.102.